The van der Waals surface area contributed by atoms with Crippen molar-refractivity contribution in [2.75, 3.05) is 5.75 Å². The van der Waals surface area contributed by atoms with Crippen LogP contribution in [0.4, 0.5) is 0 Å². The van der Waals surface area contributed by atoms with Gasteiger partial charge in [-0.2, -0.15) is 8.42 Å². The SMILES string of the molecule is CC1(C)C2CCC1(CS(=O)(=O)O)C(=O)C2.[Li]. The number of rotatable bonds is 2. The van der Waals surface area contributed by atoms with Gasteiger partial charge >= 0.3 is 0 Å². The van der Waals surface area contributed by atoms with E-state index in [0.717, 1.165) is 6.42 Å². The molecule has 2 rings (SSSR count). The van der Waals surface area contributed by atoms with E-state index in [1.807, 2.05) is 13.8 Å². The molecule has 2 unspecified atom stereocenters. The molecule has 1 radical (unpaired) electrons. The van der Waals surface area contributed by atoms with Crippen LogP contribution in [-0.2, 0) is 14.9 Å². The van der Waals surface area contributed by atoms with Crippen molar-refractivity contribution in [1.82, 2.24) is 0 Å². The number of fused-ring (bicyclic) bond motifs is 2. The standard InChI is InChI=1S/C10H16O4S.Li/c1-9(2)7-3-4-10(9,8(11)5-7)6-15(12,13)14;/h7H,3-6H2,1-2H3,(H,12,13,14);. The Hall–Kier alpha value is 0.177. The van der Waals surface area contributed by atoms with Crippen molar-refractivity contribution in [3.8, 4) is 0 Å². The Morgan fingerprint density at radius 2 is 2.00 bits per heavy atom. The molecule has 0 amide bonds. The molecule has 2 aliphatic carbocycles. The predicted molar refractivity (Wildman–Crippen MR) is 60.7 cm³/mol. The Kier molecular flexibility index (Phi) is 3.42. The maximum atomic E-state index is 11.9. The molecule has 0 aromatic carbocycles. The van der Waals surface area contributed by atoms with Gasteiger partial charge in [0.25, 0.3) is 10.1 Å². The zero-order valence-electron chi connectivity index (χ0n) is 9.99. The minimum atomic E-state index is -4.08. The maximum Gasteiger partial charge on any atom is 0.265 e. The summed E-state index contributed by atoms with van der Waals surface area (Å²) in [6.07, 6.45) is 1.97. The number of ketones is 1. The fourth-order valence-corrected chi connectivity index (χ4v) is 4.72. The fraction of sp³-hybridized carbons (Fsp3) is 0.900. The summed E-state index contributed by atoms with van der Waals surface area (Å²) in [6.45, 7) is 3.89. The molecule has 2 bridgehead atoms. The van der Waals surface area contributed by atoms with Gasteiger partial charge in [0, 0.05) is 25.3 Å². The second-order valence-corrected chi connectivity index (χ2v) is 6.85. The first kappa shape index (κ1) is 14.2. The first-order valence-corrected chi connectivity index (χ1v) is 6.78. The molecule has 2 saturated carbocycles. The van der Waals surface area contributed by atoms with E-state index < -0.39 is 21.3 Å². The molecular weight excluding hydrogens is 223 g/mol. The van der Waals surface area contributed by atoms with Crippen molar-refractivity contribution in [2.45, 2.75) is 33.1 Å². The monoisotopic (exact) mass is 239 g/mol. The molecule has 2 aliphatic rings. The van der Waals surface area contributed by atoms with Gasteiger partial charge in [0.05, 0.1) is 11.2 Å². The van der Waals surface area contributed by atoms with Gasteiger partial charge in [-0.05, 0) is 24.2 Å². The molecule has 0 aliphatic heterocycles. The fourth-order valence-electron chi connectivity index (χ4n) is 3.42. The van der Waals surface area contributed by atoms with Crippen molar-refractivity contribution < 1.29 is 17.8 Å². The van der Waals surface area contributed by atoms with E-state index in [9.17, 15) is 13.2 Å². The molecule has 4 nitrogen and oxygen atoms in total. The van der Waals surface area contributed by atoms with Crippen molar-refractivity contribution in [3.05, 3.63) is 0 Å². The van der Waals surface area contributed by atoms with E-state index in [-0.39, 0.29) is 36.0 Å². The van der Waals surface area contributed by atoms with Crippen LogP contribution in [0.1, 0.15) is 33.1 Å². The summed E-state index contributed by atoms with van der Waals surface area (Å²) in [5.74, 6) is -0.101. The van der Waals surface area contributed by atoms with E-state index in [1.54, 1.807) is 0 Å². The van der Waals surface area contributed by atoms with Gasteiger partial charge in [-0.15, -0.1) is 0 Å². The number of hydrogen-bond donors (Lipinski definition) is 1. The van der Waals surface area contributed by atoms with E-state index in [2.05, 4.69) is 0 Å². The van der Waals surface area contributed by atoms with Crippen LogP contribution in [0, 0.1) is 16.7 Å². The summed E-state index contributed by atoms with van der Waals surface area (Å²) in [4.78, 5) is 11.9. The molecular formula is C10H16LiO4S. The quantitative estimate of drug-likeness (QED) is 0.573. The summed E-state index contributed by atoms with van der Waals surface area (Å²) in [7, 11) is -4.08. The summed E-state index contributed by atoms with van der Waals surface area (Å²) in [5.41, 5.74) is -1.12. The smallest absolute Gasteiger partial charge is 0.265 e. The second kappa shape index (κ2) is 3.84. The van der Waals surface area contributed by atoms with Crippen LogP contribution >= 0.6 is 0 Å². The Morgan fingerprint density at radius 3 is 2.31 bits per heavy atom. The largest absolute Gasteiger partial charge is 0.299 e. The molecule has 87 valence electrons. The van der Waals surface area contributed by atoms with Crippen LogP contribution in [-0.4, -0.2) is 43.4 Å². The first-order chi connectivity index (χ1) is 6.69. The van der Waals surface area contributed by atoms with Crippen LogP contribution in [0.15, 0.2) is 0 Å². The van der Waals surface area contributed by atoms with Gasteiger partial charge in [-0.25, -0.2) is 0 Å². The molecule has 2 fully saturated rings. The zero-order chi connectivity index (χ0) is 11.5. The maximum absolute atomic E-state index is 11.9. The average Bonchev–Trinajstić information content (AvgIpc) is 2.34. The van der Waals surface area contributed by atoms with Gasteiger partial charge in [0.1, 0.15) is 5.78 Å². The number of carbonyl (C=O) groups excluding carboxylic acids is 1. The van der Waals surface area contributed by atoms with Crippen LogP contribution in [0.3, 0.4) is 0 Å². The predicted octanol–water partition coefficient (Wildman–Crippen LogP) is 0.889. The van der Waals surface area contributed by atoms with Gasteiger partial charge < -0.3 is 0 Å². The normalized spacial score (nSPS) is 36.2. The van der Waals surface area contributed by atoms with Crippen molar-refractivity contribution >= 4 is 34.8 Å². The summed E-state index contributed by atoms with van der Waals surface area (Å²) >= 11 is 0. The molecule has 0 saturated heterocycles. The third kappa shape index (κ3) is 1.78. The van der Waals surface area contributed by atoms with Crippen molar-refractivity contribution in [1.29, 1.82) is 0 Å². The van der Waals surface area contributed by atoms with E-state index >= 15 is 0 Å². The van der Waals surface area contributed by atoms with Gasteiger partial charge in [0.15, 0.2) is 0 Å². The Bertz CT molecular complexity index is 415. The Balaban J connectivity index is 0.00000128. The van der Waals surface area contributed by atoms with Crippen LogP contribution in [0.5, 0.6) is 0 Å². The third-order valence-electron chi connectivity index (χ3n) is 4.57. The summed E-state index contributed by atoms with van der Waals surface area (Å²) < 4.78 is 31.0. The van der Waals surface area contributed by atoms with Crippen LogP contribution in [0.2, 0.25) is 0 Å². The summed E-state index contributed by atoms with van der Waals surface area (Å²) in [6, 6.07) is 0. The Morgan fingerprint density at radius 1 is 1.44 bits per heavy atom. The van der Waals surface area contributed by atoms with Gasteiger partial charge in [0.2, 0.25) is 0 Å². The third-order valence-corrected chi connectivity index (χ3v) is 5.43. The van der Waals surface area contributed by atoms with E-state index in [0.29, 0.717) is 12.8 Å². The molecule has 2 atom stereocenters. The molecule has 0 heterocycles. The molecule has 6 heteroatoms. The number of carbonyl (C=O) groups is 1. The van der Waals surface area contributed by atoms with Gasteiger partial charge in [-0.3, -0.25) is 9.35 Å². The zero-order valence-corrected chi connectivity index (χ0v) is 10.8. The molecule has 16 heavy (non-hydrogen) atoms. The van der Waals surface area contributed by atoms with Crippen LogP contribution < -0.4 is 0 Å². The minimum absolute atomic E-state index is 0. The average molecular weight is 239 g/mol. The topological polar surface area (TPSA) is 71.4 Å². The van der Waals surface area contributed by atoms with Crippen molar-refractivity contribution in [2.24, 2.45) is 16.7 Å². The summed E-state index contributed by atoms with van der Waals surface area (Å²) in [5, 5.41) is 0. The second-order valence-electron chi connectivity index (χ2n) is 5.39. The van der Waals surface area contributed by atoms with E-state index in [1.165, 1.54) is 0 Å². The molecule has 0 aromatic rings. The van der Waals surface area contributed by atoms with Gasteiger partial charge in [-0.1, -0.05) is 13.8 Å². The molecule has 0 aromatic heterocycles. The van der Waals surface area contributed by atoms with E-state index in [4.69, 9.17) is 4.55 Å². The Labute approximate surface area is 108 Å². The van der Waals surface area contributed by atoms with Crippen LogP contribution in [0.25, 0.3) is 0 Å². The minimum Gasteiger partial charge on any atom is -0.299 e. The first-order valence-electron chi connectivity index (χ1n) is 5.17. The number of Topliss-reactive ketones (excluding diaryl/α,β-unsaturated/α-hetero) is 1. The number of hydrogen-bond acceptors (Lipinski definition) is 3. The molecule has 0 spiro atoms. The molecule has 1 N–H and O–H groups in total. The van der Waals surface area contributed by atoms with Crippen molar-refractivity contribution in [3.63, 3.8) is 0 Å².